The highest BCUT2D eigenvalue weighted by atomic mass is 16.5. The average Bonchev–Trinajstić information content (AvgIpc) is 2.81. The van der Waals surface area contributed by atoms with Crippen molar-refractivity contribution >= 4 is 29.7 Å². The van der Waals surface area contributed by atoms with Gasteiger partial charge >= 0.3 is 0 Å². The molecule has 3 amide bonds. The highest BCUT2D eigenvalue weighted by Gasteiger charge is 2.30. The van der Waals surface area contributed by atoms with Gasteiger partial charge in [-0.25, -0.2) is 0 Å². The third-order valence-corrected chi connectivity index (χ3v) is 5.33. The van der Waals surface area contributed by atoms with Crippen molar-refractivity contribution in [1.82, 2.24) is 10.2 Å². The summed E-state index contributed by atoms with van der Waals surface area (Å²) in [5.74, 6) is -0.893. The maximum atomic E-state index is 12.4. The van der Waals surface area contributed by atoms with Gasteiger partial charge in [0.25, 0.3) is 0 Å². The van der Waals surface area contributed by atoms with Crippen molar-refractivity contribution in [2.24, 2.45) is 0 Å². The molecule has 1 unspecified atom stereocenters. The SMILES string of the molecule is CCCOCCOCCOCCC(=O)Nc1cccc(C=O)c1CN(C)C1CCC(=O)NC1=O. The van der Waals surface area contributed by atoms with E-state index < -0.39 is 6.04 Å². The number of carbonyl (C=O) groups excluding carboxylic acids is 4. The number of ether oxygens (including phenoxy) is 3. The maximum Gasteiger partial charge on any atom is 0.243 e. The molecule has 2 N–H and O–H groups in total. The summed E-state index contributed by atoms with van der Waals surface area (Å²) >= 11 is 0. The Labute approximate surface area is 200 Å². The Morgan fingerprint density at radius 1 is 1.12 bits per heavy atom. The number of aldehydes is 1. The second-order valence-corrected chi connectivity index (χ2v) is 8.01. The summed E-state index contributed by atoms with van der Waals surface area (Å²) < 4.78 is 16.2. The van der Waals surface area contributed by atoms with Crippen molar-refractivity contribution < 1.29 is 33.4 Å². The largest absolute Gasteiger partial charge is 0.379 e. The number of nitrogens with zero attached hydrogens (tertiary/aromatic N) is 1. The molecule has 1 aromatic carbocycles. The van der Waals surface area contributed by atoms with Crippen molar-refractivity contribution in [3.8, 4) is 0 Å². The van der Waals surface area contributed by atoms with Crippen LogP contribution in [0, 0.1) is 0 Å². The van der Waals surface area contributed by atoms with Gasteiger partial charge in [0, 0.05) is 36.4 Å². The molecule has 1 aliphatic heterocycles. The summed E-state index contributed by atoms with van der Waals surface area (Å²) in [6.07, 6.45) is 2.51. The third-order valence-electron chi connectivity index (χ3n) is 5.33. The normalized spacial score (nSPS) is 15.9. The minimum atomic E-state index is -0.491. The second kappa shape index (κ2) is 15.3. The number of benzene rings is 1. The highest BCUT2D eigenvalue weighted by molar-refractivity contribution is 6.00. The van der Waals surface area contributed by atoms with Crippen molar-refractivity contribution in [2.45, 2.75) is 45.2 Å². The quantitative estimate of drug-likeness (QED) is 0.209. The van der Waals surface area contributed by atoms with Crippen LogP contribution in [0.5, 0.6) is 0 Å². The number of likely N-dealkylation sites (N-methyl/N-ethyl adjacent to an activating group) is 1. The van der Waals surface area contributed by atoms with Crippen LogP contribution in [0.1, 0.15) is 48.5 Å². The number of hydrogen-bond acceptors (Lipinski definition) is 8. The number of rotatable bonds is 16. The van der Waals surface area contributed by atoms with E-state index in [1.165, 1.54) is 0 Å². The minimum Gasteiger partial charge on any atom is -0.379 e. The molecule has 10 nitrogen and oxygen atoms in total. The second-order valence-electron chi connectivity index (χ2n) is 8.01. The number of hydrogen-bond donors (Lipinski definition) is 2. The smallest absolute Gasteiger partial charge is 0.243 e. The molecule has 0 radical (unpaired) electrons. The van der Waals surface area contributed by atoms with E-state index in [-0.39, 0.29) is 43.7 Å². The van der Waals surface area contributed by atoms with E-state index in [0.717, 1.165) is 19.3 Å². The molecule has 1 aromatic rings. The zero-order chi connectivity index (χ0) is 24.8. The zero-order valence-electron chi connectivity index (χ0n) is 20.0. The molecule has 10 heteroatoms. The molecule has 0 bridgehead atoms. The van der Waals surface area contributed by atoms with Crippen molar-refractivity contribution in [1.29, 1.82) is 0 Å². The van der Waals surface area contributed by atoms with Crippen LogP contribution in [-0.2, 0) is 35.1 Å². The van der Waals surface area contributed by atoms with Gasteiger partial charge in [-0.3, -0.25) is 29.4 Å². The molecule has 34 heavy (non-hydrogen) atoms. The monoisotopic (exact) mass is 477 g/mol. The fourth-order valence-electron chi connectivity index (χ4n) is 3.53. The van der Waals surface area contributed by atoms with Gasteiger partial charge in [0.2, 0.25) is 17.7 Å². The summed E-state index contributed by atoms with van der Waals surface area (Å²) in [5, 5.41) is 5.17. The number of amides is 3. The maximum absolute atomic E-state index is 12.4. The van der Waals surface area contributed by atoms with E-state index >= 15 is 0 Å². The van der Waals surface area contributed by atoms with E-state index in [2.05, 4.69) is 10.6 Å². The van der Waals surface area contributed by atoms with Crippen LogP contribution in [0.25, 0.3) is 0 Å². The first-order chi connectivity index (χ1) is 16.5. The molecule has 1 atom stereocenters. The van der Waals surface area contributed by atoms with Crippen LogP contribution >= 0.6 is 0 Å². The van der Waals surface area contributed by atoms with Crippen molar-refractivity contribution in [3.05, 3.63) is 29.3 Å². The predicted octanol–water partition coefficient (Wildman–Crippen LogP) is 1.52. The first-order valence-corrected chi connectivity index (χ1v) is 11.6. The lowest BCUT2D eigenvalue weighted by molar-refractivity contribution is -0.137. The number of imide groups is 1. The zero-order valence-corrected chi connectivity index (χ0v) is 20.0. The van der Waals surface area contributed by atoms with Crippen LogP contribution in [0.3, 0.4) is 0 Å². The Bertz CT molecular complexity index is 831. The lowest BCUT2D eigenvalue weighted by Gasteiger charge is -2.30. The molecule has 1 aliphatic rings. The fourth-order valence-corrected chi connectivity index (χ4v) is 3.53. The van der Waals surface area contributed by atoms with E-state index in [1.807, 2.05) is 6.92 Å². The van der Waals surface area contributed by atoms with Gasteiger partial charge in [-0.2, -0.15) is 0 Å². The number of piperidine rings is 1. The van der Waals surface area contributed by atoms with Gasteiger partial charge in [-0.05, 0) is 26.0 Å². The molecule has 0 aromatic heterocycles. The van der Waals surface area contributed by atoms with E-state index in [9.17, 15) is 19.2 Å². The third kappa shape index (κ3) is 9.30. The van der Waals surface area contributed by atoms with Gasteiger partial charge in [0.05, 0.1) is 45.5 Å². The standard InChI is InChI=1S/C24H35N3O7/c1-3-10-32-12-14-34-15-13-33-11-9-23(30)25-20-6-4-5-18(17-28)19(20)16-27(2)21-7-8-22(29)26-24(21)31/h4-6,17,21H,3,7-16H2,1-2H3,(H,25,30)(H,26,29,31). The Morgan fingerprint density at radius 3 is 2.44 bits per heavy atom. The lowest BCUT2D eigenvalue weighted by atomic mass is 10.0. The number of carbonyl (C=O) groups is 4. The predicted molar refractivity (Wildman–Crippen MR) is 125 cm³/mol. The summed E-state index contributed by atoms with van der Waals surface area (Å²) in [5.41, 5.74) is 1.54. The molecule has 1 heterocycles. The van der Waals surface area contributed by atoms with E-state index in [1.54, 1.807) is 30.1 Å². The van der Waals surface area contributed by atoms with Gasteiger partial charge in [-0.1, -0.05) is 19.1 Å². The molecule has 1 fully saturated rings. The molecular formula is C24H35N3O7. The number of nitrogens with one attached hydrogen (secondary N) is 2. The van der Waals surface area contributed by atoms with Gasteiger partial charge in [0.1, 0.15) is 6.29 Å². The summed E-state index contributed by atoms with van der Waals surface area (Å²) in [7, 11) is 1.75. The Hall–Kier alpha value is -2.66. The van der Waals surface area contributed by atoms with E-state index in [0.29, 0.717) is 49.7 Å². The minimum absolute atomic E-state index is 0.146. The molecule has 0 spiro atoms. The van der Waals surface area contributed by atoms with Crippen molar-refractivity contribution in [2.75, 3.05) is 52.0 Å². The van der Waals surface area contributed by atoms with Crippen molar-refractivity contribution in [3.63, 3.8) is 0 Å². The van der Waals surface area contributed by atoms with Crippen LogP contribution in [0.15, 0.2) is 18.2 Å². The van der Waals surface area contributed by atoms with Gasteiger partial charge < -0.3 is 19.5 Å². The van der Waals surface area contributed by atoms with Crippen LogP contribution in [0.4, 0.5) is 5.69 Å². The molecule has 1 saturated heterocycles. The Balaban J connectivity index is 1.81. The topological polar surface area (TPSA) is 123 Å². The molecule has 188 valence electrons. The number of anilines is 1. The van der Waals surface area contributed by atoms with Gasteiger partial charge in [0.15, 0.2) is 0 Å². The first-order valence-electron chi connectivity index (χ1n) is 11.6. The average molecular weight is 478 g/mol. The summed E-state index contributed by atoms with van der Waals surface area (Å²) in [6, 6.07) is 4.57. The molecule has 0 aliphatic carbocycles. The van der Waals surface area contributed by atoms with Crippen LogP contribution in [-0.4, -0.2) is 81.6 Å². The molecule has 2 rings (SSSR count). The van der Waals surface area contributed by atoms with E-state index in [4.69, 9.17) is 14.2 Å². The van der Waals surface area contributed by atoms with Gasteiger partial charge in [-0.15, -0.1) is 0 Å². The highest BCUT2D eigenvalue weighted by Crippen LogP contribution is 2.23. The summed E-state index contributed by atoms with van der Waals surface area (Å²) in [6.45, 7) is 5.13. The first kappa shape index (κ1) is 27.6. The lowest BCUT2D eigenvalue weighted by Crippen LogP contribution is -2.51. The molecular weight excluding hydrogens is 442 g/mol. The fraction of sp³-hybridized carbons (Fsp3) is 0.583. The Kier molecular flexibility index (Phi) is 12.4. The van der Waals surface area contributed by atoms with Crippen LogP contribution < -0.4 is 10.6 Å². The Morgan fingerprint density at radius 2 is 1.79 bits per heavy atom. The molecule has 0 saturated carbocycles. The van der Waals surface area contributed by atoms with Crippen LogP contribution in [0.2, 0.25) is 0 Å². The summed E-state index contributed by atoms with van der Waals surface area (Å²) in [4.78, 5) is 49.4.